The molecule has 4 aromatic carbocycles. The summed E-state index contributed by atoms with van der Waals surface area (Å²) >= 11 is 7.58. The fraction of sp³-hybridized carbons (Fsp3) is 0.171. The van der Waals surface area contributed by atoms with Crippen LogP contribution in [0.3, 0.4) is 0 Å². The zero-order valence-electron chi connectivity index (χ0n) is 25.8. The summed E-state index contributed by atoms with van der Waals surface area (Å²) in [6.07, 6.45) is 1.60. The van der Waals surface area contributed by atoms with Gasteiger partial charge in [0.05, 0.1) is 36.8 Å². The van der Waals surface area contributed by atoms with E-state index in [1.54, 1.807) is 97.9 Å². The molecule has 9 nitrogen and oxygen atoms in total. The first-order valence-corrected chi connectivity index (χ1v) is 15.6. The van der Waals surface area contributed by atoms with Crippen molar-refractivity contribution >= 4 is 58.5 Å². The van der Waals surface area contributed by atoms with E-state index in [2.05, 4.69) is 16.0 Å². The number of thioether (sulfide) groups is 1. The smallest absolute Gasteiger partial charge is 0.272 e. The highest BCUT2D eigenvalue weighted by atomic mass is 35.5. The number of benzene rings is 4. The van der Waals surface area contributed by atoms with Gasteiger partial charge in [0, 0.05) is 22.2 Å². The lowest BCUT2D eigenvalue weighted by Gasteiger charge is -2.16. The van der Waals surface area contributed by atoms with Gasteiger partial charge >= 0.3 is 0 Å². The van der Waals surface area contributed by atoms with E-state index in [9.17, 15) is 14.4 Å². The third kappa shape index (κ3) is 9.29. The molecule has 3 amide bonds. The number of hydrogen-bond acceptors (Lipinski definition) is 7. The van der Waals surface area contributed by atoms with Crippen molar-refractivity contribution in [3.8, 4) is 17.2 Å². The van der Waals surface area contributed by atoms with Crippen molar-refractivity contribution in [3.05, 3.63) is 113 Å². The van der Waals surface area contributed by atoms with Crippen LogP contribution in [0, 0.1) is 0 Å². The Kier molecular flexibility index (Phi) is 12.1. The maximum Gasteiger partial charge on any atom is 0.272 e. The predicted octanol–water partition coefficient (Wildman–Crippen LogP) is 7.28. The first-order chi connectivity index (χ1) is 22.2. The average molecular weight is 660 g/mol. The standard InChI is InChI=1S/C35H34ClN3O6S/c1-5-45-26-15-11-23(12-16-26)19-30(39-34(41)24-9-7-6-8-10-24)35(42)37-25-13-17-27(18-14-25)46-22(2)33(40)38-29-20-28(36)31(43-3)21-32(29)44-4/h6-22H,5H2,1-4H3,(H,37,42)(H,38,40)(H,39,41)/b30-19-. The molecule has 0 saturated heterocycles. The van der Waals surface area contributed by atoms with Crippen LogP contribution in [-0.4, -0.2) is 43.8 Å². The summed E-state index contributed by atoms with van der Waals surface area (Å²) in [4.78, 5) is 40.1. The molecule has 1 atom stereocenters. The number of ether oxygens (including phenoxy) is 3. The minimum Gasteiger partial charge on any atom is -0.495 e. The Hall–Kier alpha value is -4.93. The van der Waals surface area contributed by atoms with Gasteiger partial charge in [-0.1, -0.05) is 41.9 Å². The van der Waals surface area contributed by atoms with Gasteiger partial charge in [0.15, 0.2) is 0 Å². The monoisotopic (exact) mass is 659 g/mol. The van der Waals surface area contributed by atoms with Gasteiger partial charge in [-0.15, -0.1) is 11.8 Å². The Bertz CT molecular complexity index is 1700. The van der Waals surface area contributed by atoms with Crippen molar-refractivity contribution in [3.63, 3.8) is 0 Å². The second-order valence-electron chi connectivity index (χ2n) is 9.80. The zero-order chi connectivity index (χ0) is 33.1. The summed E-state index contributed by atoms with van der Waals surface area (Å²) in [6.45, 7) is 4.21. The number of nitrogens with one attached hydrogen (secondary N) is 3. The molecule has 0 heterocycles. The van der Waals surface area contributed by atoms with Crippen LogP contribution >= 0.6 is 23.4 Å². The van der Waals surface area contributed by atoms with Crippen LogP contribution < -0.4 is 30.2 Å². The second-order valence-corrected chi connectivity index (χ2v) is 11.6. The first kappa shape index (κ1) is 34.0. The van der Waals surface area contributed by atoms with Gasteiger partial charge in [-0.25, -0.2) is 0 Å². The van der Waals surface area contributed by atoms with Crippen LogP contribution in [0.25, 0.3) is 6.08 Å². The summed E-state index contributed by atoms with van der Waals surface area (Å²) < 4.78 is 16.1. The fourth-order valence-corrected chi connectivity index (χ4v) is 5.31. The molecule has 0 aliphatic heterocycles. The molecule has 11 heteroatoms. The molecule has 0 aliphatic carbocycles. The summed E-state index contributed by atoms with van der Waals surface area (Å²) in [6, 6.07) is 26.1. The molecule has 4 aromatic rings. The van der Waals surface area contributed by atoms with Crippen LogP contribution in [0.1, 0.15) is 29.8 Å². The Labute approximate surface area is 277 Å². The Morgan fingerprint density at radius 3 is 2.17 bits per heavy atom. The number of halogens is 1. The Morgan fingerprint density at radius 1 is 0.870 bits per heavy atom. The molecule has 4 rings (SSSR count). The molecule has 0 aliphatic rings. The second kappa shape index (κ2) is 16.4. The maximum absolute atomic E-state index is 13.4. The molecule has 1 unspecified atom stereocenters. The van der Waals surface area contributed by atoms with Gasteiger partial charge in [0.1, 0.15) is 22.9 Å². The van der Waals surface area contributed by atoms with Crippen molar-refractivity contribution in [2.75, 3.05) is 31.5 Å². The molecule has 0 saturated carbocycles. The van der Waals surface area contributed by atoms with E-state index in [-0.39, 0.29) is 11.6 Å². The molecule has 0 spiro atoms. The molecule has 0 radical (unpaired) electrons. The maximum atomic E-state index is 13.4. The van der Waals surface area contributed by atoms with Crippen LogP contribution in [0.5, 0.6) is 17.2 Å². The highest BCUT2D eigenvalue weighted by molar-refractivity contribution is 8.00. The summed E-state index contributed by atoms with van der Waals surface area (Å²) in [7, 11) is 2.99. The predicted molar refractivity (Wildman–Crippen MR) is 183 cm³/mol. The highest BCUT2D eigenvalue weighted by Gasteiger charge is 2.19. The molecule has 3 N–H and O–H groups in total. The highest BCUT2D eigenvalue weighted by Crippen LogP contribution is 2.36. The van der Waals surface area contributed by atoms with Gasteiger partial charge in [0.2, 0.25) is 5.91 Å². The Balaban J connectivity index is 1.44. The molecule has 0 fully saturated rings. The quantitative estimate of drug-likeness (QED) is 0.102. The minimum absolute atomic E-state index is 0.0656. The normalized spacial score (nSPS) is 11.6. The molecule has 46 heavy (non-hydrogen) atoms. The molecule has 0 aromatic heterocycles. The van der Waals surface area contributed by atoms with Gasteiger partial charge in [-0.05, 0) is 80.1 Å². The van der Waals surface area contributed by atoms with Crippen LogP contribution in [0.4, 0.5) is 11.4 Å². The van der Waals surface area contributed by atoms with E-state index in [0.29, 0.717) is 51.4 Å². The first-order valence-electron chi connectivity index (χ1n) is 14.3. The third-order valence-corrected chi connectivity index (χ3v) is 7.96. The van der Waals surface area contributed by atoms with E-state index in [1.165, 1.54) is 26.0 Å². The summed E-state index contributed by atoms with van der Waals surface area (Å²) in [5.74, 6) is 0.389. The average Bonchev–Trinajstić information content (AvgIpc) is 3.06. The lowest BCUT2D eigenvalue weighted by atomic mass is 10.1. The van der Waals surface area contributed by atoms with Gasteiger partial charge in [0.25, 0.3) is 11.8 Å². The van der Waals surface area contributed by atoms with E-state index < -0.39 is 17.1 Å². The van der Waals surface area contributed by atoms with Crippen molar-refractivity contribution in [1.82, 2.24) is 5.32 Å². The summed E-state index contributed by atoms with van der Waals surface area (Å²) in [5, 5.41) is 8.30. The fourth-order valence-electron chi connectivity index (χ4n) is 4.20. The van der Waals surface area contributed by atoms with Crippen LogP contribution in [-0.2, 0) is 9.59 Å². The van der Waals surface area contributed by atoms with Crippen molar-refractivity contribution in [2.24, 2.45) is 0 Å². The van der Waals surface area contributed by atoms with E-state index in [0.717, 1.165) is 4.90 Å². The number of carbonyl (C=O) groups excluding carboxylic acids is 3. The van der Waals surface area contributed by atoms with Gasteiger partial charge < -0.3 is 30.2 Å². The topological polar surface area (TPSA) is 115 Å². The van der Waals surface area contributed by atoms with E-state index >= 15 is 0 Å². The molecular weight excluding hydrogens is 626 g/mol. The molecular formula is C35H34ClN3O6S. The number of amides is 3. The summed E-state index contributed by atoms with van der Waals surface area (Å²) in [5.41, 5.74) is 2.13. The number of anilines is 2. The zero-order valence-corrected chi connectivity index (χ0v) is 27.3. The molecule has 0 bridgehead atoms. The lowest BCUT2D eigenvalue weighted by Crippen LogP contribution is -2.30. The van der Waals surface area contributed by atoms with Gasteiger partial charge in [-0.3, -0.25) is 14.4 Å². The Morgan fingerprint density at radius 2 is 1.54 bits per heavy atom. The lowest BCUT2D eigenvalue weighted by molar-refractivity contribution is -0.115. The molecule has 238 valence electrons. The van der Waals surface area contributed by atoms with Crippen molar-refractivity contribution in [1.29, 1.82) is 0 Å². The van der Waals surface area contributed by atoms with Gasteiger partial charge in [-0.2, -0.15) is 0 Å². The van der Waals surface area contributed by atoms with Crippen LogP contribution in [0.2, 0.25) is 5.02 Å². The van der Waals surface area contributed by atoms with Crippen LogP contribution in [0.15, 0.2) is 102 Å². The van der Waals surface area contributed by atoms with E-state index in [1.807, 2.05) is 13.0 Å². The number of rotatable bonds is 13. The SMILES string of the molecule is CCOc1ccc(/C=C(\NC(=O)c2ccccc2)C(=O)Nc2ccc(SC(C)C(=O)Nc3cc(Cl)c(OC)cc3OC)cc2)cc1. The largest absolute Gasteiger partial charge is 0.495 e. The van der Waals surface area contributed by atoms with Crippen molar-refractivity contribution < 1.29 is 28.6 Å². The minimum atomic E-state index is -0.501. The number of carbonyl (C=O) groups is 3. The van der Waals surface area contributed by atoms with E-state index in [4.69, 9.17) is 25.8 Å². The third-order valence-electron chi connectivity index (χ3n) is 6.56. The number of hydrogen-bond donors (Lipinski definition) is 3. The van der Waals surface area contributed by atoms with Crippen molar-refractivity contribution in [2.45, 2.75) is 24.0 Å². The number of methoxy groups -OCH3 is 2.